The molecule has 0 aliphatic carbocycles. The van der Waals surface area contributed by atoms with E-state index in [1.807, 2.05) is 0 Å². The normalized spacial score (nSPS) is 12.2. The van der Waals surface area contributed by atoms with Crippen molar-refractivity contribution in [2.24, 2.45) is 0 Å². The monoisotopic (exact) mass is 202 g/mol. The molecule has 9 heteroatoms. The first kappa shape index (κ1) is 12.8. The summed E-state index contributed by atoms with van der Waals surface area (Å²) < 4.78 is 46.1. The topological polar surface area (TPSA) is 88.5 Å². The van der Waals surface area contributed by atoms with Crippen LogP contribution in [0.2, 0.25) is 0 Å². The Morgan fingerprint density at radius 2 is 1.22 bits per heavy atom. The van der Waals surface area contributed by atoms with E-state index in [0.29, 0.717) is 0 Å². The molecule has 52 valence electrons. The van der Waals surface area contributed by atoms with E-state index in [1.54, 1.807) is 0 Å². The Bertz CT molecular complexity index is 225. The maximum atomic E-state index is 9.68. The zero-order chi connectivity index (χ0) is 7.00. The summed E-state index contributed by atoms with van der Waals surface area (Å²) in [7, 11) is -9.62. The molecule has 5 nitrogen and oxygen atoms in total. The summed E-state index contributed by atoms with van der Waals surface area (Å²) in [5.74, 6) is 0. The van der Waals surface area contributed by atoms with Crippen LogP contribution >= 0.6 is 11.7 Å². The van der Waals surface area contributed by atoms with Gasteiger partial charge < -0.3 is 0 Å². The minimum absolute atomic E-state index is 0. The van der Waals surface area contributed by atoms with Crippen molar-refractivity contribution in [1.82, 2.24) is 0 Å². The van der Waals surface area contributed by atoms with Gasteiger partial charge in [0.1, 0.15) is 0 Å². The van der Waals surface area contributed by atoms with Crippen molar-refractivity contribution in [3.8, 4) is 0 Å². The van der Waals surface area contributed by atoms with Crippen molar-refractivity contribution in [2.45, 2.75) is 0 Å². The molecule has 0 bridgehead atoms. The average molecular weight is 202 g/mol. The molecule has 0 spiro atoms. The van der Waals surface area contributed by atoms with Gasteiger partial charge in [0, 0.05) is 0 Å². The summed E-state index contributed by atoms with van der Waals surface area (Å²) in [6.45, 7) is 0. The Kier molecular flexibility index (Phi) is 5.08. The molecular formula is H3NaO5S3. The van der Waals surface area contributed by atoms with E-state index < -0.39 is 17.1 Å². The van der Waals surface area contributed by atoms with Crippen molar-refractivity contribution in [3.05, 3.63) is 0 Å². The van der Waals surface area contributed by atoms with Crippen molar-refractivity contribution in [2.75, 3.05) is 0 Å². The Labute approximate surface area is 79.0 Å². The standard InChI is InChI=1S/Na.H2O5S3.H/c;1-7(2,3)8(4,5)6;/h;(H,1,2,3)(H,4,5,6);. The number of rotatable bonds is 1. The Hall–Kier alpha value is 1.21. The van der Waals surface area contributed by atoms with Crippen LogP contribution in [0.5, 0.6) is 0 Å². The molecule has 0 atom stereocenters. The van der Waals surface area contributed by atoms with Crippen LogP contribution in [0.3, 0.4) is 0 Å². The summed E-state index contributed by atoms with van der Waals surface area (Å²) in [6.07, 6.45) is 0. The fourth-order valence-corrected chi connectivity index (χ4v) is 0. The van der Waals surface area contributed by atoms with E-state index in [4.69, 9.17) is 4.55 Å². The van der Waals surface area contributed by atoms with Gasteiger partial charge in [0.05, 0.1) is 0 Å². The zero-order valence-corrected chi connectivity index (χ0v) is 5.87. The molecule has 0 unspecified atom stereocenters. The molecule has 0 aliphatic heterocycles. The molecule has 0 aromatic heterocycles. The average Bonchev–Trinajstić information content (AvgIpc) is 1.25. The van der Waals surface area contributed by atoms with Crippen LogP contribution in [-0.2, 0) is 17.1 Å². The third-order valence-corrected chi connectivity index (χ3v) is 4.09. The molecular weight excluding hydrogens is 199 g/mol. The third-order valence-electron chi connectivity index (χ3n) is 0.266. The van der Waals surface area contributed by atoms with Crippen molar-refractivity contribution in [3.63, 3.8) is 0 Å². The molecule has 0 aromatic carbocycles. The summed E-state index contributed by atoms with van der Waals surface area (Å²) >= 11 is 2.57. The molecule has 0 fully saturated rings. The van der Waals surface area contributed by atoms with E-state index in [-0.39, 0.29) is 29.6 Å². The summed E-state index contributed by atoms with van der Waals surface area (Å²) in [4.78, 5) is 0. The molecule has 0 aliphatic rings. The van der Waals surface area contributed by atoms with Crippen LogP contribution in [0.4, 0.5) is 0 Å². The van der Waals surface area contributed by atoms with Crippen LogP contribution < -0.4 is 0 Å². The van der Waals surface area contributed by atoms with Crippen LogP contribution in [-0.4, -0.2) is 50.9 Å². The molecule has 0 radical (unpaired) electrons. The SMILES string of the molecule is O=S(=O)(O)S(=O)(=O)S.[NaH]. The van der Waals surface area contributed by atoms with E-state index in [0.717, 1.165) is 0 Å². The molecule has 0 saturated carbocycles. The number of thiol groups is 1. The second kappa shape index (κ2) is 3.56. The fourth-order valence-electron chi connectivity index (χ4n) is 0. The molecule has 1 N–H and O–H groups in total. The molecule has 9 heavy (non-hydrogen) atoms. The summed E-state index contributed by atoms with van der Waals surface area (Å²) in [5.41, 5.74) is 0. The van der Waals surface area contributed by atoms with Gasteiger partial charge in [-0.05, 0) is 11.7 Å². The first-order valence-corrected chi connectivity index (χ1v) is 5.69. The van der Waals surface area contributed by atoms with Gasteiger partial charge in [-0.15, -0.1) is 0 Å². The minimum atomic E-state index is -5.00. The maximum absolute atomic E-state index is 9.68. The van der Waals surface area contributed by atoms with Gasteiger partial charge in [-0.1, -0.05) is 0 Å². The van der Waals surface area contributed by atoms with E-state index in [9.17, 15) is 16.8 Å². The van der Waals surface area contributed by atoms with Gasteiger partial charge in [-0.25, -0.2) is 0 Å². The second-order valence-electron chi connectivity index (χ2n) is 0.855. The molecule has 0 heterocycles. The van der Waals surface area contributed by atoms with Crippen LogP contribution in [0.1, 0.15) is 0 Å². The van der Waals surface area contributed by atoms with Crippen molar-refractivity contribution >= 4 is 58.3 Å². The van der Waals surface area contributed by atoms with Gasteiger partial charge in [-0.3, -0.25) is 4.55 Å². The number of hydrogen-bond acceptors (Lipinski definition) is 4. The van der Waals surface area contributed by atoms with E-state index >= 15 is 0 Å². The van der Waals surface area contributed by atoms with Crippen LogP contribution in [0.25, 0.3) is 0 Å². The third kappa shape index (κ3) is 4.59. The summed E-state index contributed by atoms with van der Waals surface area (Å²) in [5, 5.41) is 0. The first-order chi connectivity index (χ1) is 3.25. The molecule has 0 saturated heterocycles. The Morgan fingerprint density at radius 3 is 1.22 bits per heavy atom. The Balaban J connectivity index is 0. The molecule has 0 amide bonds. The predicted octanol–water partition coefficient (Wildman–Crippen LogP) is -1.60. The van der Waals surface area contributed by atoms with Gasteiger partial charge in [0.15, 0.2) is 0 Å². The second-order valence-corrected chi connectivity index (χ2v) is 7.33. The van der Waals surface area contributed by atoms with Crippen LogP contribution in [0.15, 0.2) is 0 Å². The number of hydrogen-bond donors (Lipinski definition) is 2. The fraction of sp³-hybridized carbons (Fsp3) is 0. The van der Waals surface area contributed by atoms with E-state index in [1.165, 1.54) is 0 Å². The van der Waals surface area contributed by atoms with Gasteiger partial charge in [0.25, 0.3) is 0 Å². The van der Waals surface area contributed by atoms with Crippen LogP contribution in [0, 0.1) is 0 Å². The molecule has 0 rings (SSSR count). The quantitative estimate of drug-likeness (QED) is 0.231. The van der Waals surface area contributed by atoms with E-state index in [2.05, 4.69) is 11.7 Å². The predicted molar refractivity (Wildman–Crippen MR) is 36.6 cm³/mol. The Morgan fingerprint density at radius 1 is 1.11 bits per heavy atom. The van der Waals surface area contributed by atoms with Gasteiger partial charge in [-0.2, -0.15) is 16.8 Å². The van der Waals surface area contributed by atoms with Crippen molar-refractivity contribution < 1.29 is 21.4 Å². The molecule has 0 aromatic rings. The van der Waals surface area contributed by atoms with Crippen molar-refractivity contribution in [1.29, 1.82) is 0 Å². The summed E-state index contributed by atoms with van der Waals surface area (Å²) in [6, 6.07) is 0. The van der Waals surface area contributed by atoms with Gasteiger partial charge >= 0.3 is 46.6 Å². The van der Waals surface area contributed by atoms with Gasteiger partial charge in [0.2, 0.25) is 0 Å². The zero-order valence-electron chi connectivity index (χ0n) is 3.34. The first-order valence-electron chi connectivity index (χ1n) is 1.20.